The Balaban J connectivity index is 2.60. The smallest absolute Gasteiger partial charge is 0.258 e. The standard InChI is InChI=1S/C15H20N2O3/c1-4-7-14-16-11-9-13(20-6-3)12(19-5-2)8-10(11)15(18)17-14/h8-9H,4-7H2,1-3H3,(H,16,17,18). The first-order valence-electron chi connectivity index (χ1n) is 7.02. The van der Waals surface area contributed by atoms with Crippen LogP contribution in [0.2, 0.25) is 0 Å². The third-order valence-corrected chi connectivity index (χ3v) is 2.91. The average molecular weight is 276 g/mol. The fourth-order valence-corrected chi connectivity index (χ4v) is 2.09. The number of aromatic amines is 1. The van der Waals surface area contributed by atoms with Gasteiger partial charge in [0.25, 0.3) is 5.56 Å². The van der Waals surface area contributed by atoms with Crippen molar-refractivity contribution in [2.75, 3.05) is 13.2 Å². The minimum Gasteiger partial charge on any atom is -0.490 e. The third-order valence-electron chi connectivity index (χ3n) is 2.91. The summed E-state index contributed by atoms with van der Waals surface area (Å²) in [6, 6.07) is 3.48. The normalized spacial score (nSPS) is 10.8. The fraction of sp³-hybridized carbons (Fsp3) is 0.467. The lowest BCUT2D eigenvalue weighted by molar-refractivity contribution is 0.288. The van der Waals surface area contributed by atoms with Gasteiger partial charge < -0.3 is 14.5 Å². The SMILES string of the molecule is CCCc1nc2cc(OCC)c(OCC)cc2c(=O)[nH]1. The number of nitrogens with zero attached hydrogens (tertiary/aromatic N) is 1. The first-order chi connectivity index (χ1) is 9.69. The molecule has 5 heteroatoms. The van der Waals surface area contributed by atoms with E-state index in [0.717, 1.165) is 12.8 Å². The first kappa shape index (κ1) is 14.4. The van der Waals surface area contributed by atoms with E-state index in [1.54, 1.807) is 12.1 Å². The Morgan fingerprint density at radius 1 is 1.10 bits per heavy atom. The Kier molecular flexibility index (Phi) is 4.61. The van der Waals surface area contributed by atoms with Gasteiger partial charge in [-0.15, -0.1) is 0 Å². The van der Waals surface area contributed by atoms with Crippen molar-refractivity contribution in [3.63, 3.8) is 0 Å². The first-order valence-corrected chi connectivity index (χ1v) is 7.02. The molecule has 1 aromatic carbocycles. The molecule has 0 atom stereocenters. The van der Waals surface area contributed by atoms with E-state index in [4.69, 9.17) is 9.47 Å². The summed E-state index contributed by atoms with van der Waals surface area (Å²) in [6.07, 6.45) is 1.69. The van der Waals surface area contributed by atoms with Crippen LogP contribution >= 0.6 is 0 Å². The van der Waals surface area contributed by atoms with Gasteiger partial charge in [0.2, 0.25) is 0 Å². The number of benzene rings is 1. The van der Waals surface area contributed by atoms with Gasteiger partial charge in [0.05, 0.1) is 24.1 Å². The van der Waals surface area contributed by atoms with Crippen molar-refractivity contribution in [3.05, 3.63) is 28.3 Å². The number of rotatable bonds is 6. The highest BCUT2D eigenvalue weighted by atomic mass is 16.5. The highest BCUT2D eigenvalue weighted by Crippen LogP contribution is 2.30. The van der Waals surface area contributed by atoms with E-state index in [9.17, 15) is 4.79 Å². The maximum atomic E-state index is 12.1. The molecular formula is C15H20N2O3. The summed E-state index contributed by atoms with van der Waals surface area (Å²) < 4.78 is 11.1. The number of hydrogen-bond donors (Lipinski definition) is 1. The molecule has 2 rings (SSSR count). The lowest BCUT2D eigenvalue weighted by Gasteiger charge is -2.12. The van der Waals surface area contributed by atoms with Crippen LogP contribution in [0.5, 0.6) is 11.5 Å². The molecule has 1 aromatic heterocycles. The van der Waals surface area contributed by atoms with Gasteiger partial charge in [-0.3, -0.25) is 4.79 Å². The molecular weight excluding hydrogens is 256 g/mol. The fourth-order valence-electron chi connectivity index (χ4n) is 2.09. The molecule has 0 saturated carbocycles. The quantitative estimate of drug-likeness (QED) is 0.881. The van der Waals surface area contributed by atoms with E-state index in [-0.39, 0.29) is 5.56 Å². The van der Waals surface area contributed by atoms with Crippen LogP contribution < -0.4 is 15.0 Å². The predicted molar refractivity (Wildman–Crippen MR) is 78.7 cm³/mol. The van der Waals surface area contributed by atoms with Crippen molar-refractivity contribution in [3.8, 4) is 11.5 Å². The summed E-state index contributed by atoms with van der Waals surface area (Å²) in [5, 5.41) is 0.525. The van der Waals surface area contributed by atoms with Gasteiger partial charge in [0.1, 0.15) is 5.82 Å². The monoisotopic (exact) mass is 276 g/mol. The summed E-state index contributed by atoms with van der Waals surface area (Å²) in [7, 11) is 0. The second kappa shape index (κ2) is 6.41. The van der Waals surface area contributed by atoms with Crippen LogP contribution in [0.25, 0.3) is 10.9 Å². The molecule has 0 fully saturated rings. The van der Waals surface area contributed by atoms with Gasteiger partial charge in [0, 0.05) is 12.5 Å². The third kappa shape index (κ3) is 2.92. The van der Waals surface area contributed by atoms with Gasteiger partial charge in [-0.2, -0.15) is 0 Å². The molecule has 1 heterocycles. The largest absolute Gasteiger partial charge is 0.490 e. The molecule has 0 saturated heterocycles. The molecule has 0 spiro atoms. The van der Waals surface area contributed by atoms with Crippen LogP contribution in [0.1, 0.15) is 33.0 Å². The number of H-pyrrole nitrogens is 1. The summed E-state index contributed by atoms with van der Waals surface area (Å²) in [4.78, 5) is 19.4. The maximum Gasteiger partial charge on any atom is 0.258 e. The second-order valence-corrected chi connectivity index (χ2v) is 4.44. The zero-order valence-corrected chi connectivity index (χ0v) is 12.2. The van der Waals surface area contributed by atoms with E-state index >= 15 is 0 Å². The number of aromatic nitrogens is 2. The lowest BCUT2D eigenvalue weighted by atomic mass is 10.2. The van der Waals surface area contributed by atoms with E-state index < -0.39 is 0 Å². The molecule has 0 unspecified atom stereocenters. The number of aryl methyl sites for hydroxylation is 1. The Hall–Kier alpha value is -2.04. The molecule has 0 amide bonds. The zero-order valence-electron chi connectivity index (χ0n) is 12.2. The molecule has 0 radical (unpaired) electrons. The number of ether oxygens (including phenoxy) is 2. The van der Waals surface area contributed by atoms with Gasteiger partial charge >= 0.3 is 0 Å². The average Bonchev–Trinajstić information content (AvgIpc) is 2.41. The van der Waals surface area contributed by atoms with Crippen LogP contribution in [-0.4, -0.2) is 23.2 Å². The van der Waals surface area contributed by atoms with Crippen LogP contribution in [0.15, 0.2) is 16.9 Å². The van der Waals surface area contributed by atoms with Crippen molar-refractivity contribution in [1.82, 2.24) is 9.97 Å². The van der Waals surface area contributed by atoms with E-state index in [1.807, 2.05) is 20.8 Å². The predicted octanol–water partition coefficient (Wildman–Crippen LogP) is 2.67. The molecule has 2 aromatic rings. The maximum absolute atomic E-state index is 12.1. The summed E-state index contributed by atoms with van der Waals surface area (Å²) in [6.45, 7) is 6.91. The van der Waals surface area contributed by atoms with Crippen LogP contribution in [0.3, 0.4) is 0 Å². The van der Waals surface area contributed by atoms with Crippen LogP contribution in [-0.2, 0) is 6.42 Å². The Morgan fingerprint density at radius 2 is 1.75 bits per heavy atom. The lowest BCUT2D eigenvalue weighted by Crippen LogP contribution is -2.12. The molecule has 0 aliphatic carbocycles. The van der Waals surface area contributed by atoms with E-state index in [2.05, 4.69) is 9.97 Å². The Morgan fingerprint density at radius 3 is 2.35 bits per heavy atom. The van der Waals surface area contributed by atoms with Crippen molar-refractivity contribution in [1.29, 1.82) is 0 Å². The van der Waals surface area contributed by atoms with Gasteiger partial charge in [-0.25, -0.2) is 4.98 Å². The summed E-state index contributed by atoms with van der Waals surface area (Å²) in [5.41, 5.74) is 0.506. The van der Waals surface area contributed by atoms with Crippen molar-refractivity contribution < 1.29 is 9.47 Å². The van der Waals surface area contributed by atoms with Gasteiger partial charge in [0.15, 0.2) is 11.5 Å². The van der Waals surface area contributed by atoms with Crippen molar-refractivity contribution in [2.45, 2.75) is 33.6 Å². The van der Waals surface area contributed by atoms with E-state index in [0.29, 0.717) is 41.4 Å². The van der Waals surface area contributed by atoms with Crippen molar-refractivity contribution in [2.24, 2.45) is 0 Å². The van der Waals surface area contributed by atoms with Crippen LogP contribution in [0, 0.1) is 0 Å². The second-order valence-electron chi connectivity index (χ2n) is 4.44. The Labute approximate surface area is 117 Å². The van der Waals surface area contributed by atoms with Crippen LogP contribution in [0.4, 0.5) is 0 Å². The number of hydrogen-bond acceptors (Lipinski definition) is 4. The highest BCUT2D eigenvalue weighted by Gasteiger charge is 2.11. The topological polar surface area (TPSA) is 64.2 Å². The van der Waals surface area contributed by atoms with Gasteiger partial charge in [-0.1, -0.05) is 6.92 Å². The summed E-state index contributed by atoms with van der Waals surface area (Å²) >= 11 is 0. The van der Waals surface area contributed by atoms with Gasteiger partial charge in [-0.05, 0) is 26.3 Å². The number of fused-ring (bicyclic) bond motifs is 1. The molecule has 5 nitrogen and oxygen atoms in total. The van der Waals surface area contributed by atoms with E-state index in [1.165, 1.54) is 0 Å². The molecule has 20 heavy (non-hydrogen) atoms. The molecule has 0 aliphatic heterocycles. The number of nitrogens with one attached hydrogen (secondary N) is 1. The highest BCUT2D eigenvalue weighted by molar-refractivity contribution is 5.81. The van der Waals surface area contributed by atoms with Crippen molar-refractivity contribution >= 4 is 10.9 Å². The minimum atomic E-state index is -0.137. The summed E-state index contributed by atoms with van der Waals surface area (Å²) in [5.74, 6) is 1.91. The Bertz CT molecular complexity index is 649. The molecule has 1 N–H and O–H groups in total. The zero-order chi connectivity index (χ0) is 14.5. The minimum absolute atomic E-state index is 0.137. The molecule has 0 bridgehead atoms. The molecule has 0 aliphatic rings. The molecule has 108 valence electrons.